The second-order valence-electron chi connectivity index (χ2n) is 6.08. The van der Waals surface area contributed by atoms with Crippen LogP contribution in [0.15, 0.2) is 64.4 Å². The van der Waals surface area contributed by atoms with Crippen LogP contribution in [0.1, 0.15) is 32.6 Å². The van der Waals surface area contributed by atoms with Crippen molar-refractivity contribution >= 4 is 51.9 Å². The lowest BCUT2D eigenvalue weighted by atomic mass is 10.1. The Morgan fingerprint density at radius 3 is 2.54 bits per heavy atom. The third-order valence-corrected chi connectivity index (χ3v) is 6.39. The van der Waals surface area contributed by atoms with Gasteiger partial charge in [-0.3, -0.25) is 4.79 Å². The zero-order chi connectivity index (χ0) is 19.5. The number of amides is 1. The van der Waals surface area contributed by atoms with E-state index >= 15 is 0 Å². The molecule has 0 aliphatic carbocycles. The molecular formula is C20H15ClN2O3S2. The number of nitrogens with zero attached hydrogens (tertiary/aromatic N) is 2. The zero-order valence-corrected chi connectivity index (χ0v) is 17.0. The van der Waals surface area contributed by atoms with E-state index in [0.29, 0.717) is 17.0 Å². The molecule has 1 unspecified atom stereocenters. The topological polar surface area (TPSA) is 59.0 Å². The average molecular weight is 431 g/mol. The molecule has 0 saturated carbocycles. The smallest absolute Gasteiger partial charge is 0.338 e. The number of hydrogen-bond donors (Lipinski definition) is 0. The summed E-state index contributed by atoms with van der Waals surface area (Å²) in [5, 5.41) is 10.5. The van der Waals surface area contributed by atoms with Crippen LogP contribution in [0.4, 0.5) is 0 Å². The van der Waals surface area contributed by atoms with Crippen molar-refractivity contribution in [2.45, 2.75) is 12.5 Å². The Labute approximate surface area is 174 Å². The maximum absolute atomic E-state index is 12.8. The minimum atomic E-state index is -0.570. The van der Waals surface area contributed by atoms with E-state index in [1.54, 1.807) is 46.9 Å². The van der Waals surface area contributed by atoms with E-state index in [2.05, 4.69) is 5.10 Å². The Morgan fingerprint density at radius 1 is 1.11 bits per heavy atom. The summed E-state index contributed by atoms with van der Waals surface area (Å²) in [7, 11) is 0. The minimum absolute atomic E-state index is 0.182. The van der Waals surface area contributed by atoms with Crippen LogP contribution in [-0.4, -0.2) is 29.2 Å². The molecule has 5 nitrogen and oxygen atoms in total. The van der Waals surface area contributed by atoms with Gasteiger partial charge in [0.2, 0.25) is 0 Å². The van der Waals surface area contributed by atoms with Crippen molar-refractivity contribution in [3.8, 4) is 0 Å². The van der Waals surface area contributed by atoms with Gasteiger partial charge in [-0.05, 0) is 47.2 Å². The number of hydrazone groups is 1. The van der Waals surface area contributed by atoms with E-state index in [0.717, 1.165) is 15.5 Å². The van der Waals surface area contributed by atoms with Crippen molar-refractivity contribution in [2.24, 2.45) is 5.10 Å². The zero-order valence-electron chi connectivity index (χ0n) is 14.6. The number of carbonyl (C=O) groups excluding carboxylic acids is 2. The number of rotatable bonds is 5. The fourth-order valence-electron chi connectivity index (χ4n) is 2.90. The van der Waals surface area contributed by atoms with Gasteiger partial charge in [0.05, 0.1) is 22.2 Å². The van der Waals surface area contributed by atoms with Gasteiger partial charge in [-0.2, -0.15) is 5.10 Å². The van der Waals surface area contributed by atoms with E-state index in [4.69, 9.17) is 16.3 Å². The van der Waals surface area contributed by atoms with Crippen LogP contribution in [0.25, 0.3) is 0 Å². The van der Waals surface area contributed by atoms with Gasteiger partial charge in [-0.1, -0.05) is 23.7 Å². The van der Waals surface area contributed by atoms with Crippen molar-refractivity contribution < 1.29 is 14.3 Å². The lowest BCUT2D eigenvalue weighted by Gasteiger charge is -2.20. The van der Waals surface area contributed by atoms with Gasteiger partial charge >= 0.3 is 5.97 Å². The third kappa shape index (κ3) is 4.01. The number of carbonyl (C=O) groups is 2. The summed E-state index contributed by atoms with van der Waals surface area (Å²) in [4.78, 5) is 27.0. The number of thiophene rings is 2. The molecule has 142 valence electrons. The molecule has 1 aromatic carbocycles. The second-order valence-corrected chi connectivity index (χ2v) is 8.44. The van der Waals surface area contributed by atoms with E-state index < -0.39 is 5.97 Å². The molecule has 3 aromatic rings. The van der Waals surface area contributed by atoms with Crippen molar-refractivity contribution in [1.82, 2.24) is 5.01 Å². The highest BCUT2D eigenvalue weighted by atomic mass is 35.5. The quantitative estimate of drug-likeness (QED) is 0.535. The summed E-state index contributed by atoms with van der Waals surface area (Å²) in [6.45, 7) is -0.370. The predicted octanol–water partition coefficient (Wildman–Crippen LogP) is 5.00. The summed E-state index contributed by atoms with van der Waals surface area (Å²) in [6, 6.07) is 14.0. The van der Waals surface area contributed by atoms with Crippen molar-refractivity contribution in [3.05, 3.63) is 79.6 Å². The van der Waals surface area contributed by atoms with Gasteiger partial charge in [0.15, 0.2) is 6.61 Å². The van der Waals surface area contributed by atoms with E-state index in [9.17, 15) is 9.59 Å². The van der Waals surface area contributed by atoms with Crippen LogP contribution in [0.2, 0.25) is 5.02 Å². The predicted molar refractivity (Wildman–Crippen MR) is 111 cm³/mol. The molecule has 0 saturated heterocycles. The fourth-order valence-corrected chi connectivity index (χ4v) is 4.56. The Kier molecular flexibility index (Phi) is 5.57. The molecular weight excluding hydrogens is 416 g/mol. The monoisotopic (exact) mass is 430 g/mol. The van der Waals surface area contributed by atoms with Crippen LogP contribution in [0.5, 0.6) is 0 Å². The summed E-state index contributed by atoms with van der Waals surface area (Å²) in [5.41, 5.74) is 1.21. The van der Waals surface area contributed by atoms with E-state index in [1.807, 2.05) is 35.0 Å². The highest BCUT2D eigenvalue weighted by Gasteiger charge is 2.34. The molecule has 0 N–H and O–H groups in total. The molecule has 3 heterocycles. The first kappa shape index (κ1) is 18.9. The lowest BCUT2D eigenvalue weighted by Crippen LogP contribution is -2.31. The largest absolute Gasteiger partial charge is 0.452 e. The Morgan fingerprint density at radius 2 is 1.86 bits per heavy atom. The Balaban J connectivity index is 1.48. The van der Waals surface area contributed by atoms with E-state index in [-0.39, 0.29) is 18.6 Å². The maximum Gasteiger partial charge on any atom is 0.338 e. The second kappa shape index (κ2) is 8.26. The summed E-state index contributed by atoms with van der Waals surface area (Å²) < 4.78 is 5.20. The van der Waals surface area contributed by atoms with Gasteiger partial charge in [-0.15, -0.1) is 22.7 Å². The molecule has 4 rings (SSSR count). The first-order chi connectivity index (χ1) is 13.6. The summed E-state index contributed by atoms with van der Waals surface area (Å²) in [6.07, 6.45) is 0.637. The van der Waals surface area contributed by atoms with Gasteiger partial charge in [0.25, 0.3) is 5.91 Å². The Bertz CT molecular complexity index is 999. The van der Waals surface area contributed by atoms with Crippen LogP contribution in [-0.2, 0) is 9.53 Å². The summed E-state index contributed by atoms with van der Waals surface area (Å²) in [5.74, 6) is -0.924. The standard InChI is InChI=1S/C20H15ClN2O3S2/c21-14-7-5-13(6-8-14)20(25)26-12-19(24)23-16(18-4-2-10-28-18)11-15(22-23)17-3-1-9-27-17/h1-10,16H,11-12H2. The third-order valence-electron chi connectivity index (χ3n) is 4.25. The van der Waals surface area contributed by atoms with Crippen molar-refractivity contribution in [2.75, 3.05) is 6.61 Å². The molecule has 2 aromatic heterocycles. The molecule has 1 atom stereocenters. The maximum atomic E-state index is 12.8. The summed E-state index contributed by atoms with van der Waals surface area (Å²) >= 11 is 8.99. The van der Waals surface area contributed by atoms with Crippen molar-refractivity contribution in [1.29, 1.82) is 0 Å². The fraction of sp³-hybridized carbons (Fsp3) is 0.150. The highest BCUT2D eigenvalue weighted by molar-refractivity contribution is 7.12. The molecule has 1 aliphatic heterocycles. The average Bonchev–Trinajstić information content (AvgIpc) is 3.46. The number of ether oxygens (including phenoxy) is 1. The SMILES string of the molecule is O=C(OCC(=O)N1N=C(c2cccs2)CC1c1cccs1)c1ccc(Cl)cc1. The molecule has 1 amide bonds. The lowest BCUT2D eigenvalue weighted by molar-refractivity contribution is -0.136. The molecule has 8 heteroatoms. The highest BCUT2D eigenvalue weighted by Crippen LogP contribution is 2.35. The molecule has 0 fully saturated rings. The number of esters is 1. The molecule has 28 heavy (non-hydrogen) atoms. The van der Waals surface area contributed by atoms with Crippen LogP contribution in [0, 0.1) is 0 Å². The van der Waals surface area contributed by atoms with Crippen LogP contribution >= 0.6 is 34.3 Å². The Hall–Kier alpha value is -2.48. The number of hydrogen-bond acceptors (Lipinski definition) is 6. The molecule has 0 spiro atoms. The van der Waals surface area contributed by atoms with Crippen molar-refractivity contribution in [3.63, 3.8) is 0 Å². The molecule has 1 aliphatic rings. The first-order valence-electron chi connectivity index (χ1n) is 8.51. The van der Waals surface area contributed by atoms with Gasteiger partial charge < -0.3 is 4.74 Å². The van der Waals surface area contributed by atoms with E-state index in [1.165, 1.54) is 5.01 Å². The van der Waals surface area contributed by atoms with Crippen LogP contribution < -0.4 is 0 Å². The first-order valence-corrected chi connectivity index (χ1v) is 10.6. The normalized spacial score (nSPS) is 16.1. The molecule has 0 radical (unpaired) electrons. The number of benzene rings is 1. The van der Waals surface area contributed by atoms with Gasteiger partial charge in [0, 0.05) is 16.3 Å². The van der Waals surface area contributed by atoms with Crippen LogP contribution in [0.3, 0.4) is 0 Å². The van der Waals surface area contributed by atoms with Gasteiger partial charge in [-0.25, -0.2) is 9.80 Å². The molecule has 0 bridgehead atoms. The minimum Gasteiger partial charge on any atom is -0.452 e. The van der Waals surface area contributed by atoms with Gasteiger partial charge in [0.1, 0.15) is 0 Å². The number of halogens is 1.